The van der Waals surface area contributed by atoms with Gasteiger partial charge in [-0.25, -0.2) is 4.98 Å². The normalized spacial score (nSPS) is 15.5. The summed E-state index contributed by atoms with van der Waals surface area (Å²) in [6.07, 6.45) is 1.70. The van der Waals surface area contributed by atoms with Gasteiger partial charge in [-0.1, -0.05) is 13.8 Å². The molecule has 0 aliphatic carbocycles. The molecular formula is C8H11NO2S. The van der Waals surface area contributed by atoms with Gasteiger partial charge in [-0.2, -0.15) is 0 Å². The van der Waals surface area contributed by atoms with E-state index in [1.54, 1.807) is 13.1 Å². The highest BCUT2D eigenvalue weighted by molar-refractivity contribution is 7.09. The molecule has 12 heavy (non-hydrogen) atoms. The Morgan fingerprint density at radius 2 is 2.33 bits per heavy atom. The fourth-order valence-electron chi connectivity index (χ4n) is 0.887. The van der Waals surface area contributed by atoms with Gasteiger partial charge in [-0.05, 0) is 0 Å². The van der Waals surface area contributed by atoms with E-state index in [0.717, 1.165) is 5.01 Å². The SMILES string of the molecule is CC(C(=O)O)C(C)c1nccs1. The van der Waals surface area contributed by atoms with Crippen molar-refractivity contribution in [3.63, 3.8) is 0 Å². The Balaban J connectivity index is 2.71. The Labute approximate surface area is 75.1 Å². The van der Waals surface area contributed by atoms with Crippen molar-refractivity contribution >= 4 is 17.3 Å². The molecule has 1 rings (SSSR count). The van der Waals surface area contributed by atoms with Crippen LogP contribution in [0.15, 0.2) is 11.6 Å². The predicted octanol–water partition coefficient (Wildman–Crippen LogP) is 1.97. The maximum atomic E-state index is 10.6. The van der Waals surface area contributed by atoms with Crippen molar-refractivity contribution in [3.8, 4) is 0 Å². The van der Waals surface area contributed by atoms with Crippen LogP contribution in [-0.4, -0.2) is 16.1 Å². The van der Waals surface area contributed by atoms with Gasteiger partial charge in [-0.3, -0.25) is 4.79 Å². The highest BCUT2D eigenvalue weighted by atomic mass is 32.1. The van der Waals surface area contributed by atoms with Crippen molar-refractivity contribution in [2.75, 3.05) is 0 Å². The number of thiazole rings is 1. The fourth-order valence-corrected chi connectivity index (χ4v) is 1.69. The van der Waals surface area contributed by atoms with Gasteiger partial charge >= 0.3 is 5.97 Å². The third-order valence-corrected chi connectivity index (χ3v) is 2.96. The number of hydrogen-bond donors (Lipinski definition) is 1. The number of aliphatic carboxylic acids is 1. The number of hydrogen-bond acceptors (Lipinski definition) is 3. The monoisotopic (exact) mass is 185 g/mol. The lowest BCUT2D eigenvalue weighted by molar-refractivity contribution is -0.141. The summed E-state index contributed by atoms with van der Waals surface area (Å²) >= 11 is 1.50. The molecule has 0 saturated carbocycles. The van der Waals surface area contributed by atoms with Crippen LogP contribution in [-0.2, 0) is 4.79 Å². The van der Waals surface area contributed by atoms with E-state index >= 15 is 0 Å². The molecule has 1 aromatic heterocycles. The van der Waals surface area contributed by atoms with Crippen molar-refractivity contribution < 1.29 is 9.90 Å². The standard InChI is InChI=1S/C8H11NO2S/c1-5(6(2)8(10)11)7-9-3-4-12-7/h3-6H,1-2H3,(H,10,11). The molecule has 0 saturated heterocycles. The van der Waals surface area contributed by atoms with Crippen LogP contribution >= 0.6 is 11.3 Å². The lowest BCUT2D eigenvalue weighted by Gasteiger charge is -2.12. The molecule has 0 fully saturated rings. The van der Waals surface area contributed by atoms with Gasteiger partial charge in [0.2, 0.25) is 0 Å². The second-order valence-electron chi connectivity index (χ2n) is 2.79. The molecule has 0 amide bonds. The summed E-state index contributed by atoms with van der Waals surface area (Å²) in [4.78, 5) is 14.7. The highest BCUT2D eigenvalue weighted by Gasteiger charge is 2.22. The first-order valence-corrected chi connectivity index (χ1v) is 4.63. The van der Waals surface area contributed by atoms with Gasteiger partial charge in [0, 0.05) is 17.5 Å². The van der Waals surface area contributed by atoms with E-state index in [0.29, 0.717) is 0 Å². The zero-order valence-electron chi connectivity index (χ0n) is 7.02. The molecule has 1 aromatic rings. The predicted molar refractivity (Wildman–Crippen MR) is 47.3 cm³/mol. The lowest BCUT2D eigenvalue weighted by atomic mass is 9.97. The van der Waals surface area contributed by atoms with Gasteiger partial charge in [0.1, 0.15) is 0 Å². The van der Waals surface area contributed by atoms with Crippen LogP contribution in [0.5, 0.6) is 0 Å². The Morgan fingerprint density at radius 3 is 2.75 bits per heavy atom. The average molecular weight is 185 g/mol. The maximum Gasteiger partial charge on any atom is 0.306 e. The first-order chi connectivity index (χ1) is 5.63. The molecule has 0 aromatic carbocycles. The maximum absolute atomic E-state index is 10.6. The van der Waals surface area contributed by atoms with Crippen molar-refractivity contribution in [1.82, 2.24) is 4.98 Å². The van der Waals surface area contributed by atoms with E-state index in [9.17, 15) is 4.79 Å². The van der Waals surface area contributed by atoms with Gasteiger partial charge < -0.3 is 5.11 Å². The van der Waals surface area contributed by atoms with E-state index in [2.05, 4.69) is 4.98 Å². The average Bonchev–Trinajstić information content (AvgIpc) is 2.53. The number of aromatic nitrogens is 1. The summed E-state index contributed by atoms with van der Waals surface area (Å²) in [5.74, 6) is -1.13. The van der Waals surface area contributed by atoms with Gasteiger partial charge in [0.15, 0.2) is 0 Å². The molecule has 1 heterocycles. The first-order valence-electron chi connectivity index (χ1n) is 3.75. The zero-order chi connectivity index (χ0) is 9.14. The Hall–Kier alpha value is -0.900. The largest absolute Gasteiger partial charge is 0.481 e. The van der Waals surface area contributed by atoms with Crippen molar-refractivity contribution in [2.45, 2.75) is 19.8 Å². The van der Waals surface area contributed by atoms with Crippen molar-refractivity contribution in [2.24, 2.45) is 5.92 Å². The second-order valence-corrected chi connectivity index (χ2v) is 3.71. The summed E-state index contributed by atoms with van der Waals surface area (Å²) < 4.78 is 0. The molecule has 2 unspecified atom stereocenters. The molecule has 66 valence electrons. The third kappa shape index (κ3) is 1.82. The minimum absolute atomic E-state index is 0.00231. The third-order valence-electron chi connectivity index (χ3n) is 1.98. The van der Waals surface area contributed by atoms with Crippen LogP contribution in [0.1, 0.15) is 24.8 Å². The summed E-state index contributed by atoms with van der Waals surface area (Å²) in [5, 5.41) is 11.5. The summed E-state index contributed by atoms with van der Waals surface area (Å²) in [6, 6.07) is 0. The van der Waals surface area contributed by atoms with Gasteiger partial charge in [0.05, 0.1) is 10.9 Å². The highest BCUT2D eigenvalue weighted by Crippen LogP contribution is 2.25. The van der Waals surface area contributed by atoms with Crippen LogP contribution in [0.3, 0.4) is 0 Å². The van der Waals surface area contributed by atoms with E-state index < -0.39 is 5.97 Å². The zero-order valence-corrected chi connectivity index (χ0v) is 7.84. The molecule has 0 aliphatic heterocycles. The molecule has 4 heteroatoms. The number of carboxylic acids is 1. The molecule has 2 atom stereocenters. The summed E-state index contributed by atoms with van der Waals surface area (Å²) in [6.45, 7) is 3.59. The Kier molecular flexibility index (Phi) is 2.81. The number of carbonyl (C=O) groups is 1. The molecule has 0 radical (unpaired) electrons. The molecule has 0 spiro atoms. The van der Waals surface area contributed by atoms with Crippen molar-refractivity contribution in [3.05, 3.63) is 16.6 Å². The van der Waals surface area contributed by atoms with Crippen LogP contribution in [0, 0.1) is 5.92 Å². The Morgan fingerprint density at radius 1 is 1.67 bits per heavy atom. The van der Waals surface area contributed by atoms with Crippen LogP contribution < -0.4 is 0 Å². The Bertz CT molecular complexity index is 258. The fraction of sp³-hybridized carbons (Fsp3) is 0.500. The second kappa shape index (κ2) is 3.67. The molecular weight excluding hydrogens is 174 g/mol. The van der Waals surface area contributed by atoms with E-state index in [1.807, 2.05) is 12.3 Å². The lowest BCUT2D eigenvalue weighted by Crippen LogP contribution is -2.16. The smallest absolute Gasteiger partial charge is 0.306 e. The van der Waals surface area contributed by atoms with Crippen LogP contribution in [0.4, 0.5) is 0 Å². The summed E-state index contributed by atoms with van der Waals surface area (Å²) in [5.41, 5.74) is 0. The number of nitrogens with zero attached hydrogens (tertiary/aromatic N) is 1. The first kappa shape index (κ1) is 9.19. The summed E-state index contributed by atoms with van der Waals surface area (Å²) in [7, 11) is 0. The molecule has 3 nitrogen and oxygen atoms in total. The van der Waals surface area contributed by atoms with Crippen LogP contribution in [0.2, 0.25) is 0 Å². The minimum Gasteiger partial charge on any atom is -0.481 e. The molecule has 0 aliphatic rings. The van der Waals surface area contributed by atoms with E-state index in [4.69, 9.17) is 5.11 Å². The molecule has 1 N–H and O–H groups in total. The number of carboxylic acid groups (broad SMARTS) is 1. The van der Waals surface area contributed by atoms with E-state index in [1.165, 1.54) is 11.3 Å². The quantitative estimate of drug-likeness (QED) is 0.783. The topological polar surface area (TPSA) is 50.2 Å². The van der Waals surface area contributed by atoms with Crippen molar-refractivity contribution in [1.29, 1.82) is 0 Å². The minimum atomic E-state index is -0.766. The van der Waals surface area contributed by atoms with Gasteiger partial charge in [-0.15, -0.1) is 11.3 Å². The van der Waals surface area contributed by atoms with E-state index in [-0.39, 0.29) is 11.8 Å². The van der Waals surface area contributed by atoms with Gasteiger partial charge in [0.25, 0.3) is 0 Å². The van der Waals surface area contributed by atoms with Crippen LogP contribution in [0.25, 0.3) is 0 Å². The number of rotatable bonds is 3. The molecule has 0 bridgehead atoms.